The van der Waals surface area contributed by atoms with Crippen molar-refractivity contribution >= 4 is 21.8 Å². The van der Waals surface area contributed by atoms with Crippen molar-refractivity contribution in [2.75, 3.05) is 0 Å². The van der Waals surface area contributed by atoms with E-state index in [9.17, 15) is 4.79 Å². The average molecular weight is 256 g/mol. The molecule has 0 aliphatic carbocycles. The molecular weight excluding hydrogens is 242 g/mol. The highest BCUT2D eigenvalue weighted by molar-refractivity contribution is 9.10. The molecule has 0 aliphatic heterocycles. The van der Waals surface area contributed by atoms with Crippen LogP contribution in [0.4, 0.5) is 0 Å². The first-order chi connectivity index (χ1) is 6.63. The molecule has 1 atom stereocenters. The van der Waals surface area contributed by atoms with Gasteiger partial charge in [0.05, 0.1) is 6.04 Å². The maximum Gasteiger partial charge on any atom is 0.220 e. The Bertz CT molecular complexity index is 308. The Morgan fingerprint density at radius 2 is 2.00 bits per heavy atom. The van der Waals surface area contributed by atoms with Crippen molar-refractivity contribution in [1.29, 1.82) is 0 Å². The van der Waals surface area contributed by atoms with Crippen LogP contribution in [0, 0.1) is 0 Å². The lowest BCUT2D eigenvalue weighted by Crippen LogP contribution is -2.25. The maximum absolute atomic E-state index is 11.1. The molecule has 0 fully saturated rings. The summed E-state index contributed by atoms with van der Waals surface area (Å²) in [6, 6.07) is 8.04. The third kappa shape index (κ3) is 3.14. The van der Waals surface area contributed by atoms with Crippen molar-refractivity contribution in [2.45, 2.75) is 26.3 Å². The molecule has 0 heterocycles. The van der Waals surface area contributed by atoms with Crippen molar-refractivity contribution in [3.63, 3.8) is 0 Å². The number of rotatable bonds is 3. The van der Waals surface area contributed by atoms with Crippen LogP contribution in [0.5, 0.6) is 0 Å². The largest absolute Gasteiger partial charge is 0.350 e. The van der Waals surface area contributed by atoms with Crippen molar-refractivity contribution in [3.8, 4) is 0 Å². The van der Waals surface area contributed by atoms with Gasteiger partial charge in [0, 0.05) is 10.9 Å². The van der Waals surface area contributed by atoms with Crippen LogP contribution in [0.15, 0.2) is 28.7 Å². The average Bonchev–Trinajstić information content (AvgIpc) is 2.18. The van der Waals surface area contributed by atoms with Gasteiger partial charge in [0.25, 0.3) is 0 Å². The number of hydrogen-bond acceptors (Lipinski definition) is 1. The summed E-state index contributed by atoms with van der Waals surface area (Å²) in [5.41, 5.74) is 1.12. The molecule has 0 saturated heterocycles. The smallest absolute Gasteiger partial charge is 0.220 e. The second-order valence-electron chi connectivity index (χ2n) is 3.19. The van der Waals surface area contributed by atoms with Crippen molar-refractivity contribution < 1.29 is 4.79 Å². The fourth-order valence-electron chi connectivity index (χ4n) is 1.18. The topological polar surface area (TPSA) is 29.1 Å². The van der Waals surface area contributed by atoms with Crippen molar-refractivity contribution in [1.82, 2.24) is 5.32 Å². The molecule has 0 bridgehead atoms. The molecule has 3 heteroatoms. The number of nitrogens with one attached hydrogen (secondary N) is 1. The van der Waals surface area contributed by atoms with E-state index in [1.54, 1.807) is 0 Å². The monoisotopic (exact) mass is 255 g/mol. The van der Waals surface area contributed by atoms with E-state index < -0.39 is 0 Å². The fraction of sp³-hybridized carbons (Fsp3) is 0.364. The number of carbonyl (C=O) groups excluding carboxylic acids is 1. The highest BCUT2D eigenvalue weighted by Gasteiger charge is 2.06. The van der Waals surface area contributed by atoms with Crippen LogP contribution >= 0.6 is 15.9 Å². The summed E-state index contributed by atoms with van der Waals surface area (Å²) < 4.78 is 1.05. The van der Waals surface area contributed by atoms with Crippen molar-refractivity contribution in [2.24, 2.45) is 0 Å². The number of benzene rings is 1. The van der Waals surface area contributed by atoms with Gasteiger partial charge in [-0.2, -0.15) is 0 Å². The Kier molecular flexibility index (Phi) is 4.14. The first-order valence-electron chi connectivity index (χ1n) is 4.68. The number of amides is 1. The number of halogens is 1. The molecule has 0 radical (unpaired) electrons. The van der Waals surface area contributed by atoms with Crippen LogP contribution in [0.3, 0.4) is 0 Å². The van der Waals surface area contributed by atoms with E-state index in [1.165, 1.54) is 0 Å². The van der Waals surface area contributed by atoms with Crippen LogP contribution in [-0.2, 0) is 4.79 Å². The standard InChI is InChI=1S/C11H14BrNO/c1-3-11(14)13-8(2)9-4-6-10(12)7-5-9/h4-8H,3H2,1-2H3,(H,13,14). The second-order valence-corrected chi connectivity index (χ2v) is 4.11. The van der Waals surface area contributed by atoms with Gasteiger partial charge in [-0.3, -0.25) is 4.79 Å². The number of carbonyl (C=O) groups is 1. The Balaban J connectivity index is 2.65. The van der Waals surface area contributed by atoms with Gasteiger partial charge in [-0.1, -0.05) is 35.0 Å². The van der Waals surface area contributed by atoms with E-state index in [-0.39, 0.29) is 11.9 Å². The summed E-state index contributed by atoms with van der Waals surface area (Å²) in [7, 11) is 0. The molecule has 0 aliphatic rings. The normalized spacial score (nSPS) is 12.2. The molecule has 1 aromatic carbocycles. The van der Waals surface area contributed by atoms with E-state index in [0.29, 0.717) is 6.42 Å². The molecule has 1 amide bonds. The van der Waals surface area contributed by atoms with Gasteiger partial charge >= 0.3 is 0 Å². The first kappa shape index (κ1) is 11.2. The molecule has 1 N–H and O–H groups in total. The van der Waals surface area contributed by atoms with Crippen LogP contribution in [-0.4, -0.2) is 5.91 Å². The van der Waals surface area contributed by atoms with Gasteiger partial charge in [0.1, 0.15) is 0 Å². The van der Waals surface area contributed by atoms with Crippen LogP contribution in [0.25, 0.3) is 0 Å². The Labute approximate surface area is 92.8 Å². The maximum atomic E-state index is 11.1. The minimum Gasteiger partial charge on any atom is -0.350 e. The van der Waals surface area contributed by atoms with Gasteiger partial charge in [-0.25, -0.2) is 0 Å². The van der Waals surface area contributed by atoms with Crippen LogP contribution < -0.4 is 5.32 Å². The zero-order valence-electron chi connectivity index (χ0n) is 8.38. The highest BCUT2D eigenvalue weighted by atomic mass is 79.9. The zero-order valence-corrected chi connectivity index (χ0v) is 9.97. The zero-order chi connectivity index (χ0) is 10.6. The first-order valence-corrected chi connectivity index (χ1v) is 5.47. The quantitative estimate of drug-likeness (QED) is 0.884. The molecule has 1 rings (SSSR count). The van der Waals surface area contributed by atoms with E-state index in [4.69, 9.17) is 0 Å². The lowest BCUT2D eigenvalue weighted by atomic mass is 10.1. The lowest BCUT2D eigenvalue weighted by Gasteiger charge is -2.13. The van der Waals surface area contributed by atoms with Crippen LogP contribution in [0.1, 0.15) is 31.9 Å². The Morgan fingerprint density at radius 3 is 2.50 bits per heavy atom. The molecule has 14 heavy (non-hydrogen) atoms. The van der Waals surface area contributed by atoms with E-state index in [2.05, 4.69) is 21.2 Å². The predicted octanol–water partition coefficient (Wildman–Crippen LogP) is 3.04. The summed E-state index contributed by atoms with van der Waals surface area (Å²) in [6.07, 6.45) is 0.529. The minimum atomic E-state index is 0.0792. The fourth-order valence-corrected chi connectivity index (χ4v) is 1.44. The van der Waals surface area contributed by atoms with Crippen LogP contribution in [0.2, 0.25) is 0 Å². The summed E-state index contributed by atoms with van der Waals surface area (Å²) >= 11 is 3.37. The SMILES string of the molecule is CCC(=O)NC(C)c1ccc(Br)cc1. The molecular formula is C11H14BrNO. The predicted molar refractivity (Wildman–Crippen MR) is 61.0 cm³/mol. The summed E-state index contributed by atoms with van der Waals surface area (Å²) in [5, 5.41) is 2.91. The molecule has 1 aromatic rings. The second kappa shape index (κ2) is 5.15. The van der Waals surface area contributed by atoms with Gasteiger partial charge in [-0.05, 0) is 24.6 Å². The molecule has 1 unspecified atom stereocenters. The van der Waals surface area contributed by atoms with E-state index >= 15 is 0 Å². The molecule has 0 aromatic heterocycles. The molecule has 0 saturated carbocycles. The summed E-state index contributed by atoms with van der Waals surface area (Å²) in [6.45, 7) is 3.83. The van der Waals surface area contributed by atoms with E-state index in [0.717, 1.165) is 10.0 Å². The number of hydrogen-bond donors (Lipinski definition) is 1. The summed E-state index contributed by atoms with van der Waals surface area (Å²) in [4.78, 5) is 11.1. The van der Waals surface area contributed by atoms with Gasteiger partial charge < -0.3 is 5.32 Å². The third-order valence-electron chi connectivity index (χ3n) is 2.07. The Hall–Kier alpha value is -0.830. The van der Waals surface area contributed by atoms with Crippen molar-refractivity contribution in [3.05, 3.63) is 34.3 Å². The van der Waals surface area contributed by atoms with Gasteiger partial charge in [-0.15, -0.1) is 0 Å². The summed E-state index contributed by atoms with van der Waals surface area (Å²) in [5.74, 6) is 0.0837. The minimum absolute atomic E-state index is 0.0792. The molecule has 0 spiro atoms. The van der Waals surface area contributed by atoms with Gasteiger partial charge in [0.15, 0.2) is 0 Å². The third-order valence-corrected chi connectivity index (χ3v) is 2.60. The van der Waals surface area contributed by atoms with Gasteiger partial charge in [0.2, 0.25) is 5.91 Å². The van der Waals surface area contributed by atoms with E-state index in [1.807, 2.05) is 38.1 Å². The molecule has 76 valence electrons. The Morgan fingerprint density at radius 1 is 1.43 bits per heavy atom. The molecule has 2 nitrogen and oxygen atoms in total. The highest BCUT2D eigenvalue weighted by Crippen LogP contribution is 2.16. The lowest BCUT2D eigenvalue weighted by molar-refractivity contribution is -0.121.